The predicted molar refractivity (Wildman–Crippen MR) is 211 cm³/mol. The van der Waals surface area contributed by atoms with Crippen molar-refractivity contribution in [2.24, 2.45) is 5.92 Å². The van der Waals surface area contributed by atoms with E-state index in [-0.39, 0.29) is 38.4 Å². The SMILES string of the molecule is CC(C)[Si](OC1=C[C@@H](c2cn(S(=O)(=O)c3ccccc3)c3ccccc23)[C@]2(Cl)C(=O)C=C(Cl)C(=O)[C@@H]2[C@H]1N1C(=O)c2ccccc2C1=O)(C(C)C)C(C)C. The number of amides is 2. The van der Waals surface area contributed by atoms with E-state index in [2.05, 4.69) is 41.5 Å². The number of allylic oxidation sites excluding steroid dienone is 3. The molecule has 4 aromatic rings. The van der Waals surface area contributed by atoms with Crippen molar-refractivity contribution >= 4 is 75.8 Å². The van der Waals surface area contributed by atoms with Crippen molar-refractivity contribution in [1.29, 1.82) is 0 Å². The van der Waals surface area contributed by atoms with Crippen molar-refractivity contribution in [2.75, 3.05) is 0 Å². The molecule has 0 N–H and O–H groups in total. The van der Waals surface area contributed by atoms with Crippen LogP contribution in [0.4, 0.5) is 0 Å². The quantitative estimate of drug-likeness (QED) is 0.0945. The molecule has 1 aliphatic heterocycles. The molecule has 0 fully saturated rings. The normalized spacial score (nSPS) is 23.3. The maximum atomic E-state index is 14.6. The van der Waals surface area contributed by atoms with E-state index in [9.17, 15) is 27.6 Å². The monoisotopic (exact) mass is 802 g/mol. The zero-order chi connectivity index (χ0) is 39.1. The van der Waals surface area contributed by atoms with Gasteiger partial charge in [-0.2, -0.15) is 0 Å². The lowest BCUT2D eigenvalue weighted by atomic mass is 9.63. The smallest absolute Gasteiger partial charge is 0.268 e. The number of nitrogens with zero attached hydrogens (tertiary/aromatic N) is 2. The molecule has 0 spiro atoms. The van der Waals surface area contributed by atoms with Gasteiger partial charge in [0.15, 0.2) is 11.6 Å². The predicted octanol–water partition coefficient (Wildman–Crippen LogP) is 8.58. The fraction of sp³-hybridized carbons (Fsp3) is 0.317. The molecule has 7 rings (SSSR count). The number of hydrogen-bond acceptors (Lipinski definition) is 7. The molecular formula is C41H40Cl2N2O7SSi. The van der Waals surface area contributed by atoms with Crippen LogP contribution in [0.2, 0.25) is 16.6 Å². The second kappa shape index (κ2) is 13.5. The highest BCUT2D eigenvalue weighted by Gasteiger charge is 2.65. The average Bonchev–Trinajstić information content (AvgIpc) is 3.64. The van der Waals surface area contributed by atoms with Gasteiger partial charge in [0.2, 0.25) is 0 Å². The summed E-state index contributed by atoms with van der Waals surface area (Å²) in [6.07, 6.45) is 4.06. The van der Waals surface area contributed by atoms with E-state index in [1.54, 1.807) is 60.7 Å². The van der Waals surface area contributed by atoms with E-state index in [4.69, 9.17) is 27.6 Å². The molecule has 3 aliphatic rings. The number of alkyl halides is 1. The van der Waals surface area contributed by atoms with Crippen LogP contribution in [-0.2, 0) is 24.0 Å². The van der Waals surface area contributed by atoms with Crippen molar-refractivity contribution in [3.05, 3.63) is 125 Å². The number of Topliss-reactive ketones (excluding diaryl/α,β-unsaturated/α-hetero) is 1. The summed E-state index contributed by atoms with van der Waals surface area (Å²) in [6, 6.07) is 19.7. The van der Waals surface area contributed by atoms with Gasteiger partial charge in [0, 0.05) is 23.6 Å². The number of ketones is 2. The van der Waals surface area contributed by atoms with Gasteiger partial charge in [-0.15, -0.1) is 11.6 Å². The first kappa shape index (κ1) is 38.0. The van der Waals surface area contributed by atoms with Gasteiger partial charge in [-0.05, 0) is 58.6 Å². The van der Waals surface area contributed by atoms with E-state index in [0.29, 0.717) is 16.5 Å². The number of halogens is 2. The third-order valence-electron chi connectivity index (χ3n) is 11.4. The largest absolute Gasteiger partial charge is 0.544 e. The first-order valence-corrected chi connectivity index (χ1v) is 22.3. The van der Waals surface area contributed by atoms with Crippen LogP contribution in [0.25, 0.3) is 10.9 Å². The van der Waals surface area contributed by atoms with Gasteiger partial charge in [-0.3, -0.25) is 24.1 Å². The second-order valence-electron chi connectivity index (χ2n) is 15.1. The summed E-state index contributed by atoms with van der Waals surface area (Å²) < 4.78 is 36.9. The highest BCUT2D eigenvalue weighted by atomic mass is 35.5. The van der Waals surface area contributed by atoms with Crippen molar-refractivity contribution in [2.45, 2.75) is 79.9 Å². The summed E-state index contributed by atoms with van der Waals surface area (Å²) in [5, 5.41) is 0.0774. The first-order chi connectivity index (χ1) is 25.5. The highest BCUT2D eigenvalue weighted by molar-refractivity contribution is 7.90. The summed E-state index contributed by atoms with van der Waals surface area (Å²) >= 11 is 14.2. The average molecular weight is 804 g/mol. The van der Waals surface area contributed by atoms with Crippen LogP contribution in [-0.4, -0.2) is 59.9 Å². The molecule has 9 nitrogen and oxygen atoms in total. The third kappa shape index (κ3) is 5.41. The fourth-order valence-electron chi connectivity index (χ4n) is 9.09. The van der Waals surface area contributed by atoms with Crippen LogP contribution >= 0.6 is 23.2 Å². The van der Waals surface area contributed by atoms with E-state index in [1.165, 1.54) is 30.5 Å². The Morgan fingerprint density at radius 2 is 1.31 bits per heavy atom. The molecule has 0 unspecified atom stereocenters. The van der Waals surface area contributed by atoms with Gasteiger partial charge in [-0.25, -0.2) is 12.4 Å². The topological polar surface area (TPSA) is 120 Å². The molecule has 0 radical (unpaired) electrons. The Labute approximate surface area is 325 Å². The van der Waals surface area contributed by atoms with Crippen LogP contribution in [0.3, 0.4) is 0 Å². The molecule has 54 heavy (non-hydrogen) atoms. The molecule has 13 heteroatoms. The molecule has 0 saturated heterocycles. The van der Waals surface area contributed by atoms with E-state index >= 15 is 0 Å². The third-order valence-corrected chi connectivity index (χ3v) is 20.1. The molecule has 3 aromatic carbocycles. The van der Waals surface area contributed by atoms with Crippen LogP contribution in [0.1, 0.15) is 73.7 Å². The summed E-state index contributed by atoms with van der Waals surface area (Å²) in [6.45, 7) is 12.5. The number of hydrogen-bond donors (Lipinski definition) is 0. The summed E-state index contributed by atoms with van der Waals surface area (Å²) in [5.74, 6) is -5.40. The van der Waals surface area contributed by atoms with Crippen molar-refractivity contribution < 1.29 is 32.0 Å². The Morgan fingerprint density at radius 3 is 1.89 bits per heavy atom. The minimum absolute atomic E-state index is 0.0208. The van der Waals surface area contributed by atoms with Crippen LogP contribution in [0.5, 0.6) is 0 Å². The zero-order valence-corrected chi connectivity index (χ0v) is 33.9. The van der Waals surface area contributed by atoms with Gasteiger partial charge < -0.3 is 4.43 Å². The van der Waals surface area contributed by atoms with Crippen molar-refractivity contribution in [1.82, 2.24) is 8.87 Å². The number of para-hydroxylation sites is 1. The van der Waals surface area contributed by atoms with Gasteiger partial charge in [0.1, 0.15) is 16.7 Å². The Hall–Kier alpha value is -4.29. The van der Waals surface area contributed by atoms with Crippen LogP contribution < -0.4 is 0 Å². The van der Waals surface area contributed by atoms with Crippen molar-refractivity contribution in [3.63, 3.8) is 0 Å². The molecule has 280 valence electrons. The molecule has 2 aliphatic carbocycles. The van der Waals surface area contributed by atoms with Gasteiger partial charge in [0.25, 0.3) is 30.2 Å². The summed E-state index contributed by atoms with van der Waals surface area (Å²) in [5.41, 5.74) is 1.02. The maximum Gasteiger partial charge on any atom is 0.268 e. The minimum Gasteiger partial charge on any atom is -0.544 e. The number of rotatable bonds is 9. The van der Waals surface area contributed by atoms with Crippen molar-refractivity contribution in [3.8, 4) is 0 Å². The van der Waals surface area contributed by atoms with Gasteiger partial charge in [0.05, 0.1) is 32.5 Å². The number of aromatic nitrogens is 1. The number of carbonyl (C=O) groups is 4. The molecule has 1 aromatic heterocycles. The number of fused-ring (bicyclic) bond motifs is 3. The Kier molecular flexibility index (Phi) is 9.48. The molecule has 4 atom stereocenters. The molecule has 0 bridgehead atoms. The highest BCUT2D eigenvalue weighted by Crippen LogP contribution is 2.57. The fourth-order valence-corrected chi connectivity index (χ4v) is 16.5. The lowest BCUT2D eigenvalue weighted by molar-refractivity contribution is -0.130. The van der Waals surface area contributed by atoms with Gasteiger partial charge in [-0.1, -0.05) is 102 Å². The lowest BCUT2D eigenvalue weighted by Crippen LogP contribution is -2.64. The number of imide groups is 1. The molecule has 0 saturated carbocycles. The Balaban J connectivity index is 1.56. The van der Waals surface area contributed by atoms with Gasteiger partial charge >= 0.3 is 0 Å². The summed E-state index contributed by atoms with van der Waals surface area (Å²) in [4.78, 5) is 56.6. The Bertz CT molecular complexity index is 2360. The standard InChI is InChI=1S/C41H40Cl2N2O7SSi/c1-23(2)54(24(3)4,25(5)6)52-34-20-31(30-22-44(33-19-13-12-16-27(30)33)53(50,51)26-14-8-7-9-15-26)41(43)35(46)21-32(42)38(47)36(41)37(34)45-39(48)28-17-10-11-18-29(28)40(45)49/h7-25,31,36-37H,1-6H3/t31-,36-,37-,41-/m0/s1. The first-order valence-electron chi connectivity index (χ1n) is 17.9. The molecule has 2 amide bonds. The van der Waals surface area contributed by atoms with Crippen LogP contribution in [0.15, 0.2) is 113 Å². The maximum absolute atomic E-state index is 14.6. The minimum atomic E-state index is -4.16. The lowest BCUT2D eigenvalue weighted by Gasteiger charge is -2.52. The van der Waals surface area contributed by atoms with Crippen LogP contribution in [0, 0.1) is 5.92 Å². The Morgan fingerprint density at radius 1 is 0.778 bits per heavy atom. The van der Waals surface area contributed by atoms with E-state index < -0.39 is 69.5 Å². The summed E-state index contributed by atoms with van der Waals surface area (Å²) in [7, 11) is -7.09. The second-order valence-corrected chi connectivity index (χ2v) is 23.3. The number of carbonyl (C=O) groups excluding carboxylic acids is 4. The number of benzene rings is 3. The van der Waals surface area contributed by atoms with E-state index in [1.807, 2.05) is 0 Å². The molecule has 2 heterocycles. The molecular weight excluding hydrogens is 764 g/mol. The zero-order valence-electron chi connectivity index (χ0n) is 30.6. The van der Waals surface area contributed by atoms with E-state index in [0.717, 1.165) is 14.9 Å².